The molecule has 0 aromatic carbocycles. The van der Waals surface area contributed by atoms with Crippen LogP contribution in [0.4, 0.5) is 0 Å². The summed E-state index contributed by atoms with van der Waals surface area (Å²) in [5, 5.41) is 1.09. The van der Waals surface area contributed by atoms with E-state index < -0.39 is 0 Å². The van der Waals surface area contributed by atoms with Gasteiger partial charge >= 0.3 is 0 Å². The zero-order valence-corrected chi connectivity index (χ0v) is 11.1. The lowest BCUT2D eigenvalue weighted by molar-refractivity contribution is 0.237. The third-order valence-corrected chi connectivity index (χ3v) is 3.94. The molecule has 0 bridgehead atoms. The van der Waals surface area contributed by atoms with Gasteiger partial charge in [-0.3, -0.25) is 4.90 Å². The molecule has 3 heteroatoms. The van der Waals surface area contributed by atoms with Gasteiger partial charge in [-0.05, 0) is 31.9 Å². The number of hydrogen-bond acceptors (Lipinski definition) is 1. The molecule has 1 nitrogen and oxygen atoms in total. The minimum absolute atomic E-state index is 0.698. The Labute approximate surface area is 101 Å². The van der Waals surface area contributed by atoms with E-state index in [1.54, 1.807) is 5.54 Å². The first-order valence-electron chi connectivity index (χ1n) is 5.33. The van der Waals surface area contributed by atoms with E-state index in [0.717, 1.165) is 11.9 Å². The molecule has 1 heterocycles. The minimum atomic E-state index is 0.698. The highest BCUT2D eigenvalue weighted by Crippen LogP contribution is 2.19. The largest absolute Gasteiger partial charge is 0.296 e. The first kappa shape index (κ1) is 12.5. The normalized spacial score (nSPS) is 26.2. The molecule has 1 saturated heterocycles. The lowest BCUT2D eigenvalue weighted by atomic mass is 10.1. The number of likely N-dealkylation sites (tertiary alicyclic amines) is 1. The summed E-state index contributed by atoms with van der Waals surface area (Å²) in [6.45, 7) is 4.35. The number of halogens is 2. The van der Waals surface area contributed by atoms with Crippen molar-refractivity contribution in [2.45, 2.75) is 38.6 Å². The Hall–Kier alpha value is 0.470. The van der Waals surface area contributed by atoms with Gasteiger partial charge < -0.3 is 0 Å². The van der Waals surface area contributed by atoms with Crippen LogP contribution in [0.2, 0.25) is 0 Å². The van der Waals surface area contributed by atoms with Crippen LogP contribution in [0.5, 0.6) is 0 Å². The average molecular weight is 281 g/mol. The zero-order chi connectivity index (χ0) is 10.4. The molecule has 1 atom stereocenters. The van der Waals surface area contributed by atoms with E-state index in [-0.39, 0.29) is 0 Å². The molecule has 1 aliphatic heterocycles. The van der Waals surface area contributed by atoms with E-state index >= 15 is 0 Å². The van der Waals surface area contributed by atoms with Crippen molar-refractivity contribution in [3.8, 4) is 0 Å². The van der Waals surface area contributed by atoms with E-state index in [4.69, 9.17) is 11.6 Å². The van der Waals surface area contributed by atoms with Crippen molar-refractivity contribution >= 4 is 27.5 Å². The number of hydrogen-bond donors (Lipinski definition) is 0. The van der Waals surface area contributed by atoms with E-state index in [1.807, 2.05) is 0 Å². The molecule has 0 amide bonds. The molecule has 0 saturated carbocycles. The summed E-state index contributed by atoms with van der Waals surface area (Å²) < 4.78 is 0. The third-order valence-electron chi connectivity index (χ3n) is 2.82. The standard InChI is InChI=1S/C11H19BrClN/c1-10(8-13)9-14-6-4-2-3-5-11(14)7-12/h8,11H,2-7,9H2,1H3. The van der Waals surface area contributed by atoms with Crippen LogP contribution in [0.1, 0.15) is 32.6 Å². The molecular weight excluding hydrogens is 261 g/mol. The quantitative estimate of drug-likeness (QED) is 0.711. The predicted molar refractivity (Wildman–Crippen MR) is 67.2 cm³/mol. The Bertz CT molecular complexity index is 194. The molecule has 1 unspecified atom stereocenters. The van der Waals surface area contributed by atoms with Gasteiger partial charge in [-0.15, -0.1) is 0 Å². The molecule has 0 aromatic rings. The molecule has 14 heavy (non-hydrogen) atoms. The maximum absolute atomic E-state index is 5.70. The van der Waals surface area contributed by atoms with Crippen molar-refractivity contribution in [1.29, 1.82) is 0 Å². The van der Waals surface area contributed by atoms with Crippen LogP contribution in [0, 0.1) is 0 Å². The summed E-state index contributed by atoms with van der Waals surface area (Å²) in [5.74, 6) is 0. The molecule has 0 N–H and O–H groups in total. The van der Waals surface area contributed by atoms with Crippen LogP contribution >= 0.6 is 27.5 Å². The second-order valence-corrected chi connectivity index (χ2v) is 4.95. The molecule has 0 aliphatic carbocycles. The summed E-state index contributed by atoms with van der Waals surface area (Å²) in [5.41, 5.74) is 2.97. The fraction of sp³-hybridized carbons (Fsp3) is 0.818. The first-order chi connectivity index (χ1) is 6.77. The van der Waals surface area contributed by atoms with Crippen LogP contribution in [0.25, 0.3) is 0 Å². The highest BCUT2D eigenvalue weighted by molar-refractivity contribution is 9.09. The van der Waals surface area contributed by atoms with Crippen molar-refractivity contribution in [3.05, 3.63) is 11.1 Å². The van der Waals surface area contributed by atoms with Gasteiger partial charge in [-0.1, -0.05) is 40.4 Å². The van der Waals surface area contributed by atoms with Crippen LogP contribution in [-0.2, 0) is 0 Å². The second kappa shape index (κ2) is 6.86. The molecule has 0 radical (unpaired) electrons. The van der Waals surface area contributed by atoms with Crippen molar-refractivity contribution in [1.82, 2.24) is 4.90 Å². The van der Waals surface area contributed by atoms with Crippen LogP contribution < -0.4 is 0 Å². The minimum Gasteiger partial charge on any atom is -0.296 e. The molecule has 0 aromatic heterocycles. The fourth-order valence-corrected chi connectivity index (χ4v) is 2.78. The molecular formula is C11H19BrClN. The maximum atomic E-state index is 5.70. The van der Waals surface area contributed by atoms with Crippen molar-refractivity contribution in [2.75, 3.05) is 18.4 Å². The summed E-state index contributed by atoms with van der Waals surface area (Å²) in [6.07, 6.45) is 5.40. The molecule has 1 aliphatic rings. The Morgan fingerprint density at radius 2 is 2.29 bits per heavy atom. The van der Waals surface area contributed by atoms with Gasteiger partial charge in [0.15, 0.2) is 0 Å². The monoisotopic (exact) mass is 279 g/mol. The van der Waals surface area contributed by atoms with Gasteiger partial charge in [-0.2, -0.15) is 0 Å². The lowest BCUT2D eigenvalue weighted by Gasteiger charge is -2.28. The van der Waals surface area contributed by atoms with Crippen molar-refractivity contribution in [3.63, 3.8) is 0 Å². The number of rotatable bonds is 3. The van der Waals surface area contributed by atoms with Crippen LogP contribution in [0.3, 0.4) is 0 Å². The average Bonchev–Trinajstić information content (AvgIpc) is 2.42. The van der Waals surface area contributed by atoms with Gasteiger partial charge in [0.1, 0.15) is 0 Å². The van der Waals surface area contributed by atoms with E-state index in [1.165, 1.54) is 37.8 Å². The van der Waals surface area contributed by atoms with Crippen molar-refractivity contribution < 1.29 is 0 Å². The topological polar surface area (TPSA) is 3.24 Å². The highest BCUT2D eigenvalue weighted by atomic mass is 79.9. The third kappa shape index (κ3) is 3.92. The fourth-order valence-electron chi connectivity index (χ4n) is 1.97. The SMILES string of the molecule is CC(=CCl)CN1CCCCCC1CBr. The summed E-state index contributed by atoms with van der Waals surface area (Å²) in [6, 6.07) is 0.698. The van der Waals surface area contributed by atoms with Gasteiger partial charge in [-0.25, -0.2) is 0 Å². The Balaban J connectivity index is 2.52. The Kier molecular flexibility index (Phi) is 6.15. The van der Waals surface area contributed by atoms with Gasteiger partial charge in [0.25, 0.3) is 0 Å². The molecule has 0 spiro atoms. The van der Waals surface area contributed by atoms with Gasteiger partial charge in [0.2, 0.25) is 0 Å². The van der Waals surface area contributed by atoms with E-state index in [0.29, 0.717) is 6.04 Å². The molecule has 1 rings (SSSR count). The van der Waals surface area contributed by atoms with Gasteiger partial charge in [0, 0.05) is 23.5 Å². The van der Waals surface area contributed by atoms with Crippen LogP contribution in [0.15, 0.2) is 11.1 Å². The predicted octanol–water partition coefficient (Wildman–Crippen LogP) is 3.77. The molecule has 1 fully saturated rings. The summed E-state index contributed by atoms with van der Waals surface area (Å²) in [7, 11) is 0. The van der Waals surface area contributed by atoms with Crippen LogP contribution in [-0.4, -0.2) is 29.4 Å². The lowest BCUT2D eigenvalue weighted by Crippen LogP contribution is -2.37. The Morgan fingerprint density at radius 3 is 2.93 bits per heavy atom. The summed E-state index contributed by atoms with van der Waals surface area (Å²) in [4.78, 5) is 2.55. The van der Waals surface area contributed by atoms with Crippen molar-refractivity contribution in [2.24, 2.45) is 0 Å². The summed E-state index contributed by atoms with van der Waals surface area (Å²) >= 11 is 9.31. The first-order valence-corrected chi connectivity index (χ1v) is 6.89. The number of nitrogens with zero attached hydrogens (tertiary/aromatic N) is 1. The highest BCUT2D eigenvalue weighted by Gasteiger charge is 2.19. The molecule has 82 valence electrons. The number of alkyl halides is 1. The Morgan fingerprint density at radius 1 is 1.50 bits per heavy atom. The second-order valence-electron chi connectivity index (χ2n) is 4.08. The maximum Gasteiger partial charge on any atom is 0.0205 e. The van der Waals surface area contributed by atoms with E-state index in [2.05, 4.69) is 27.8 Å². The van der Waals surface area contributed by atoms with Gasteiger partial charge in [0.05, 0.1) is 0 Å². The smallest absolute Gasteiger partial charge is 0.0205 e. The van der Waals surface area contributed by atoms with E-state index in [9.17, 15) is 0 Å². The zero-order valence-electron chi connectivity index (χ0n) is 8.81.